The zero-order chi connectivity index (χ0) is 19.8. The molecule has 3 atom stereocenters. The normalized spacial score (nSPS) is 22.8. The predicted molar refractivity (Wildman–Crippen MR) is 136 cm³/mol. The van der Waals surface area contributed by atoms with Gasteiger partial charge in [0.25, 0.3) is 0 Å². The van der Waals surface area contributed by atoms with Crippen LogP contribution in [0.5, 0.6) is 0 Å². The molecule has 0 spiro atoms. The van der Waals surface area contributed by atoms with E-state index in [-0.39, 0.29) is 24.0 Å². The average Bonchev–Trinajstić information content (AvgIpc) is 3.27. The topological polar surface area (TPSA) is 56.7 Å². The molecule has 7 heteroatoms. The molecule has 2 N–H and O–H groups in total. The van der Waals surface area contributed by atoms with Crippen molar-refractivity contribution in [1.29, 1.82) is 0 Å². The maximum Gasteiger partial charge on any atom is 0.191 e. The van der Waals surface area contributed by atoms with E-state index in [0.29, 0.717) is 17.8 Å². The van der Waals surface area contributed by atoms with E-state index < -0.39 is 10.8 Å². The number of hydrogen-bond donors (Lipinski definition) is 2. The van der Waals surface area contributed by atoms with Crippen LogP contribution in [-0.2, 0) is 17.3 Å². The van der Waals surface area contributed by atoms with Crippen molar-refractivity contribution in [3.8, 4) is 0 Å². The van der Waals surface area contributed by atoms with Crippen LogP contribution in [0.15, 0.2) is 41.4 Å². The fourth-order valence-electron chi connectivity index (χ4n) is 3.94. The minimum Gasteiger partial charge on any atom is -0.364 e. The number of nitrogens with zero attached hydrogens (tertiary/aromatic N) is 2. The van der Waals surface area contributed by atoms with Crippen molar-refractivity contribution < 1.29 is 4.21 Å². The predicted octanol–water partition coefficient (Wildman–Crippen LogP) is 3.82. The Bertz CT molecular complexity index is 699. The second-order valence-electron chi connectivity index (χ2n) is 7.54. The average molecular weight is 531 g/mol. The van der Waals surface area contributed by atoms with Crippen LogP contribution in [-0.4, -0.2) is 46.8 Å². The Hall–Kier alpha value is -1.09. The SMILES string of the molecule is CCNC(=NCc1ccc(N2CC=CC2)cc1)NC1CCCC(S(=O)CC)C1.I. The molecule has 0 bridgehead atoms. The Morgan fingerprint density at radius 1 is 1.17 bits per heavy atom. The second-order valence-corrected chi connectivity index (χ2v) is 9.54. The van der Waals surface area contributed by atoms with E-state index >= 15 is 0 Å². The Morgan fingerprint density at radius 2 is 1.90 bits per heavy atom. The third-order valence-electron chi connectivity index (χ3n) is 5.51. The number of nitrogens with one attached hydrogen (secondary N) is 2. The minimum absolute atomic E-state index is 0. The molecule has 162 valence electrons. The molecule has 1 aromatic rings. The Labute approximate surface area is 195 Å². The van der Waals surface area contributed by atoms with Gasteiger partial charge in [0, 0.05) is 53.2 Å². The van der Waals surface area contributed by atoms with Crippen LogP contribution in [0.3, 0.4) is 0 Å². The maximum absolute atomic E-state index is 12.2. The third-order valence-corrected chi connectivity index (χ3v) is 7.25. The molecule has 1 saturated carbocycles. The Morgan fingerprint density at radius 3 is 2.55 bits per heavy atom. The Balaban J connectivity index is 0.00000300. The smallest absolute Gasteiger partial charge is 0.191 e. The lowest BCUT2D eigenvalue weighted by Crippen LogP contribution is -2.46. The monoisotopic (exact) mass is 530 g/mol. The first-order valence-corrected chi connectivity index (χ1v) is 12.0. The summed E-state index contributed by atoms with van der Waals surface area (Å²) in [5, 5.41) is 7.27. The molecule has 0 saturated heterocycles. The van der Waals surface area contributed by atoms with E-state index in [1.165, 1.54) is 11.3 Å². The highest BCUT2D eigenvalue weighted by Crippen LogP contribution is 2.23. The summed E-state index contributed by atoms with van der Waals surface area (Å²) >= 11 is 0. The summed E-state index contributed by atoms with van der Waals surface area (Å²) in [6.07, 6.45) is 8.74. The van der Waals surface area contributed by atoms with Crippen LogP contribution in [0, 0.1) is 0 Å². The second kappa shape index (κ2) is 12.6. The molecule has 0 aromatic heterocycles. The van der Waals surface area contributed by atoms with Crippen LogP contribution in [0.25, 0.3) is 0 Å². The first kappa shape index (κ1) is 24.2. The van der Waals surface area contributed by atoms with Crippen LogP contribution < -0.4 is 15.5 Å². The molecule has 5 nitrogen and oxygen atoms in total. The number of guanidine groups is 1. The molecule has 0 amide bonds. The summed E-state index contributed by atoms with van der Waals surface area (Å²) in [5.41, 5.74) is 2.47. The number of halogens is 1. The summed E-state index contributed by atoms with van der Waals surface area (Å²) in [4.78, 5) is 7.13. The van der Waals surface area contributed by atoms with Gasteiger partial charge in [0.15, 0.2) is 5.96 Å². The van der Waals surface area contributed by atoms with E-state index in [2.05, 4.69) is 58.9 Å². The van der Waals surface area contributed by atoms with Crippen molar-refractivity contribution >= 4 is 46.4 Å². The highest BCUT2D eigenvalue weighted by Gasteiger charge is 2.26. The molecule has 2 aliphatic rings. The van der Waals surface area contributed by atoms with Gasteiger partial charge in [-0.3, -0.25) is 4.21 Å². The number of anilines is 1. The van der Waals surface area contributed by atoms with Crippen molar-refractivity contribution in [2.45, 2.75) is 57.4 Å². The van der Waals surface area contributed by atoms with Gasteiger partial charge in [-0.1, -0.05) is 37.6 Å². The quantitative estimate of drug-likeness (QED) is 0.244. The third kappa shape index (κ3) is 7.27. The van der Waals surface area contributed by atoms with Crippen molar-refractivity contribution in [1.82, 2.24) is 10.6 Å². The Kier molecular flexibility index (Phi) is 10.5. The van der Waals surface area contributed by atoms with E-state index in [4.69, 9.17) is 4.99 Å². The van der Waals surface area contributed by atoms with Gasteiger partial charge in [0.2, 0.25) is 0 Å². The first-order chi connectivity index (χ1) is 13.7. The van der Waals surface area contributed by atoms with Crippen molar-refractivity contribution in [2.24, 2.45) is 4.99 Å². The fraction of sp³-hybridized carbons (Fsp3) is 0.591. The molecule has 1 aromatic carbocycles. The summed E-state index contributed by atoms with van der Waals surface area (Å²) in [6.45, 7) is 7.60. The fourth-order valence-corrected chi connectivity index (χ4v) is 5.28. The lowest BCUT2D eigenvalue weighted by molar-refractivity contribution is 0.413. The largest absolute Gasteiger partial charge is 0.364 e. The number of hydrogen-bond acceptors (Lipinski definition) is 3. The molecule has 1 aliphatic carbocycles. The van der Waals surface area contributed by atoms with Gasteiger partial charge in [-0.25, -0.2) is 4.99 Å². The zero-order valence-electron chi connectivity index (χ0n) is 17.6. The first-order valence-electron chi connectivity index (χ1n) is 10.6. The molecule has 3 unspecified atom stereocenters. The molecule has 1 aliphatic heterocycles. The van der Waals surface area contributed by atoms with Gasteiger partial charge >= 0.3 is 0 Å². The molecule has 0 radical (unpaired) electrons. The van der Waals surface area contributed by atoms with E-state index in [0.717, 1.165) is 57.0 Å². The highest BCUT2D eigenvalue weighted by atomic mass is 127. The van der Waals surface area contributed by atoms with Crippen LogP contribution in [0.2, 0.25) is 0 Å². The zero-order valence-corrected chi connectivity index (χ0v) is 20.7. The van der Waals surface area contributed by atoms with E-state index in [1.54, 1.807) is 0 Å². The van der Waals surface area contributed by atoms with Crippen molar-refractivity contribution in [3.63, 3.8) is 0 Å². The van der Waals surface area contributed by atoms with E-state index in [1.807, 2.05) is 6.92 Å². The van der Waals surface area contributed by atoms with Gasteiger partial charge < -0.3 is 15.5 Å². The van der Waals surface area contributed by atoms with Crippen LogP contribution in [0.1, 0.15) is 45.1 Å². The van der Waals surface area contributed by atoms with Gasteiger partial charge in [-0.15, -0.1) is 24.0 Å². The maximum atomic E-state index is 12.2. The summed E-state index contributed by atoms with van der Waals surface area (Å²) < 4.78 is 12.2. The standard InChI is InChI=1S/C22H34N4OS.HI/c1-3-23-22(25-19-8-7-9-21(16-19)28(27)4-2)24-17-18-10-12-20(13-11-18)26-14-5-6-15-26;/h5-6,10-13,19,21H,3-4,7-9,14-17H2,1-2H3,(H2,23,24,25);1H. The lowest BCUT2D eigenvalue weighted by Gasteiger charge is -2.30. The number of rotatable bonds is 7. The molecule has 3 rings (SSSR count). The van der Waals surface area contributed by atoms with E-state index in [9.17, 15) is 4.21 Å². The molecular formula is C22H35IN4OS. The van der Waals surface area contributed by atoms with Gasteiger partial charge in [0.1, 0.15) is 0 Å². The molecule has 29 heavy (non-hydrogen) atoms. The molecular weight excluding hydrogens is 495 g/mol. The van der Waals surface area contributed by atoms with Crippen molar-refractivity contribution in [2.75, 3.05) is 30.3 Å². The lowest BCUT2D eigenvalue weighted by atomic mass is 9.95. The summed E-state index contributed by atoms with van der Waals surface area (Å²) in [7, 11) is -0.698. The van der Waals surface area contributed by atoms with Gasteiger partial charge in [-0.05, 0) is 43.9 Å². The molecule has 1 fully saturated rings. The van der Waals surface area contributed by atoms with Crippen LogP contribution in [0.4, 0.5) is 5.69 Å². The van der Waals surface area contributed by atoms with Crippen molar-refractivity contribution in [3.05, 3.63) is 42.0 Å². The van der Waals surface area contributed by atoms with Gasteiger partial charge in [0.05, 0.1) is 6.54 Å². The minimum atomic E-state index is -0.698. The summed E-state index contributed by atoms with van der Waals surface area (Å²) in [5.74, 6) is 1.62. The summed E-state index contributed by atoms with van der Waals surface area (Å²) in [6, 6.07) is 9.06. The van der Waals surface area contributed by atoms with Gasteiger partial charge in [-0.2, -0.15) is 0 Å². The number of aliphatic imine (C=N–C) groups is 1. The van der Waals surface area contributed by atoms with Crippen LogP contribution >= 0.6 is 24.0 Å². The molecule has 1 heterocycles. The highest BCUT2D eigenvalue weighted by molar-refractivity contribution is 14.0. The number of benzene rings is 1.